The topological polar surface area (TPSA) is 78.7 Å². The largest absolute Gasteiger partial charge is 0.496 e. The van der Waals surface area contributed by atoms with E-state index in [0.717, 1.165) is 10.0 Å². The summed E-state index contributed by atoms with van der Waals surface area (Å²) in [5, 5.41) is 10.9. The number of esters is 1. The number of nitrogens with zero attached hydrogens (tertiary/aromatic N) is 1. The van der Waals surface area contributed by atoms with Crippen molar-refractivity contribution in [2.24, 2.45) is 0 Å². The Bertz CT molecular complexity index is 732. The predicted molar refractivity (Wildman–Crippen MR) is 87.3 cm³/mol. The first-order valence-corrected chi connectivity index (χ1v) is 7.51. The monoisotopic (exact) mass is 379 g/mol. The van der Waals surface area contributed by atoms with E-state index in [0.29, 0.717) is 11.3 Å². The summed E-state index contributed by atoms with van der Waals surface area (Å²) in [6.45, 7) is 0.0854. The summed E-state index contributed by atoms with van der Waals surface area (Å²) in [4.78, 5) is 22.3. The molecule has 2 rings (SSSR count). The maximum atomic E-state index is 11.9. The highest BCUT2D eigenvalue weighted by Crippen LogP contribution is 2.26. The molecule has 0 atom stereocenters. The van der Waals surface area contributed by atoms with E-state index >= 15 is 0 Å². The van der Waals surface area contributed by atoms with Crippen molar-refractivity contribution in [3.05, 3.63) is 68.2 Å². The second-order valence-electron chi connectivity index (χ2n) is 4.69. The summed E-state index contributed by atoms with van der Waals surface area (Å²) in [6.07, 6.45) is -0.144. The molecular formula is C16H14BrNO5. The first-order valence-electron chi connectivity index (χ1n) is 6.71. The van der Waals surface area contributed by atoms with Gasteiger partial charge in [-0.05, 0) is 33.6 Å². The molecule has 0 aliphatic carbocycles. The Kier molecular flexibility index (Phi) is 5.70. The molecule has 0 radical (unpaired) electrons. The summed E-state index contributed by atoms with van der Waals surface area (Å²) in [6, 6.07) is 11.4. The van der Waals surface area contributed by atoms with Gasteiger partial charge in [-0.1, -0.05) is 24.3 Å². The van der Waals surface area contributed by atoms with Crippen LogP contribution in [-0.2, 0) is 22.6 Å². The number of nitro benzene ring substituents is 1. The first kappa shape index (κ1) is 17.0. The van der Waals surface area contributed by atoms with Crippen LogP contribution in [0.1, 0.15) is 11.1 Å². The van der Waals surface area contributed by atoms with Crippen molar-refractivity contribution in [2.45, 2.75) is 13.0 Å². The Labute approximate surface area is 141 Å². The zero-order valence-corrected chi connectivity index (χ0v) is 13.9. The molecule has 7 heteroatoms. The molecule has 0 saturated heterocycles. The molecule has 6 nitrogen and oxygen atoms in total. The number of halogens is 1. The van der Waals surface area contributed by atoms with Crippen LogP contribution in [0.3, 0.4) is 0 Å². The molecule has 0 saturated carbocycles. The van der Waals surface area contributed by atoms with Crippen molar-refractivity contribution in [2.75, 3.05) is 7.11 Å². The summed E-state index contributed by atoms with van der Waals surface area (Å²) in [5.41, 5.74) is 1.03. The fourth-order valence-electron chi connectivity index (χ4n) is 2.01. The van der Waals surface area contributed by atoms with Crippen LogP contribution in [0.15, 0.2) is 46.9 Å². The number of nitro groups is 1. The number of methoxy groups -OCH3 is 1. The molecule has 0 heterocycles. The molecule has 2 aromatic carbocycles. The third-order valence-corrected chi connectivity index (χ3v) is 3.76. The number of para-hydroxylation sites is 1. The van der Waals surface area contributed by atoms with E-state index in [-0.39, 0.29) is 18.7 Å². The van der Waals surface area contributed by atoms with E-state index in [2.05, 4.69) is 15.9 Å². The van der Waals surface area contributed by atoms with Crippen LogP contribution < -0.4 is 4.74 Å². The van der Waals surface area contributed by atoms with Crippen LogP contribution in [0.4, 0.5) is 5.69 Å². The lowest BCUT2D eigenvalue weighted by Crippen LogP contribution is -2.09. The molecular weight excluding hydrogens is 366 g/mol. The van der Waals surface area contributed by atoms with Crippen molar-refractivity contribution in [3.63, 3.8) is 0 Å². The van der Waals surface area contributed by atoms with Gasteiger partial charge in [0.2, 0.25) is 0 Å². The van der Waals surface area contributed by atoms with Crippen LogP contribution in [0.5, 0.6) is 5.75 Å². The van der Waals surface area contributed by atoms with Crippen molar-refractivity contribution in [1.29, 1.82) is 0 Å². The van der Waals surface area contributed by atoms with Crippen LogP contribution in [-0.4, -0.2) is 18.0 Å². The normalized spacial score (nSPS) is 10.2. The second kappa shape index (κ2) is 7.73. The summed E-state index contributed by atoms with van der Waals surface area (Å²) in [5.74, 6) is 0.159. The number of carbonyl (C=O) groups is 1. The lowest BCUT2D eigenvalue weighted by molar-refractivity contribution is -0.385. The van der Waals surface area contributed by atoms with Gasteiger partial charge in [0.25, 0.3) is 5.69 Å². The minimum atomic E-state index is -0.522. The Balaban J connectivity index is 1.98. The van der Waals surface area contributed by atoms with Gasteiger partial charge in [0.15, 0.2) is 0 Å². The number of hydrogen-bond donors (Lipinski definition) is 0. The Hall–Kier alpha value is -2.41. The molecule has 0 aliphatic heterocycles. The highest BCUT2D eigenvalue weighted by atomic mass is 79.9. The van der Waals surface area contributed by atoms with E-state index in [9.17, 15) is 14.9 Å². The van der Waals surface area contributed by atoms with Crippen molar-refractivity contribution in [3.8, 4) is 5.75 Å². The number of ether oxygens (including phenoxy) is 2. The van der Waals surface area contributed by atoms with Gasteiger partial charge in [-0.3, -0.25) is 14.9 Å². The van der Waals surface area contributed by atoms with Gasteiger partial charge < -0.3 is 9.47 Å². The first-order chi connectivity index (χ1) is 11.0. The zero-order valence-electron chi connectivity index (χ0n) is 12.3. The van der Waals surface area contributed by atoms with E-state index in [1.165, 1.54) is 6.07 Å². The standard InChI is InChI=1S/C16H14BrNO5/c1-22-15-7-6-11(8-13(15)17)10-23-16(19)9-12-4-2-3-5-14(12)18(20)21/h2-8H,9-10H2,1H3. The molecule has 0 N–H and O–H groups in total. The number of rotatable bonds is 6. The van der Waals surface area contributed by atoms with Crippen molar-refractivity contribution in [1.82, 2.24) is 0 Å². The summed E-state index contributed by atoms with van der Waals surface area (Å²) < 4.78 is 11.1. The molecule has 0 aromatic heterocycles. The number of carbonyl (C=O) groups excluding carboxylic acids is 1. The Morgan fingerprint density at radius 2 is 2.00 bits per heavy atom. The fourth-order valence-corrected chi connectivity index (χ4v) is 2.60. The van der Waals surface area contributed by atoms with E-state index in [1.807, 2.05) is 0 Å². The van der Waals surface area contributed by atoms with Crippen LogP contribution >= 0.6 is 15.9 Å². The number of benzene rings is 2. The molecule has 0 spiro atoms. The van der Waals surface area contributed by atoms with Crippen LogP contribution in [0.2, 0.25) is 0 Å². The van der Waals surface area contributed by atoms with Gasteiger partial charge >= 0.3 is 5.97 Å². The summed E-state index contributed by atoms with van der Waals surface area (Å²) in [7, 11) is 1.56. The predicted octanol–water partition coefficient (Wildman–Crippen LogP) is 3.65. The van der Waals surface area contributed by atoms with Crippen LogP contribution in [0.25, 0.3) is 0 Å². The quantitative estimate of drug-likeness (QED) is 0.434. The zero-order chi connectivity index (χ0) is 16.8. The maximum Gasteiger partial charge on any atom is 0.310 e. The van der Waals surface area contributed by atoms with Gasteiger partial charge in [0.1, 0.15) is 12.4 Å². The maximum absolute atomic E-state index is 11.9. The molecule has 2 aromatic rings. The smallest absolute Gasteiger partial charge is 0.310 e. The third-order valence-electron chi connectivity index (χ3n) is 3.14. The van der Waals surface area contributed by atoms with Gasteiger partial charge in [-0.25, -0.2) is 0 Å². The highest BCUT2D eigenvalue weighted by molar-refractivity contribution is 9.10. The average Bonchev–Trinajstić information content (AvgIpc) is 2.53. The van der Waals surface area contributed by atoms with Crippen LogP contribution in [0, 0.1) is 10.1 Å². The fraction of sp³-hybridized carbons (Fsp3) is 0.188. The lowest BCUT2D eigenvalue weighted by Gasteiger charge is -2.08. The molecule has 0 aliphatic rings. The van der Waals surface area contributed by atoms with Gasteiger partial charge in [-0.2, -0.15) is 0 Å². The van der Waals surface area contributed by atoms with Gasteiger partial charge in [0, 0.05) is 11.6 Å². The minimum Gasteiger partial charge on any atom is -0.496 e. The van der Waals surface area contributed by atoms with E-state index in [4.69, 9.17) is 9.47 Å². The molecule has 0 unspecified atom stereocenters. The molecule has 23 heavy (non-hydrogen) atoms. The average molecular weight is 380 g/mol. The molecule has 0 fully saturated rings. The van der Waals surface area contributed by atoms with E-state index in [1.54, 1.807) is 43.5 Å². The molecule has 0 amide bonds. The SMILES string of the molecule is COc1ccc(COC(=O)Cc2ccccc2[N+](=O)[O-])cc1Br. The second-order valence-corrected chi connectivity index (χ2v) is 5.55. The number of hydrogen-bond acceptors (Lipinski definition) is 5. The van der Waals surface area contributed by atoms with Crippen molar-refractivity contribution >= 4 is 27.6 Å². The molecule has 120 valence electrons. The minimum absolute atomic E-state index is 0.0854. The van der Waals surface area contributed by atoms with Crippen molar-refractivity contribution < 1.29 is 19.2 Å². The Morgan fingerprint density at radius 1 is 1.26 bits per heavy atom. The summed E-state index contributed by atoms with van der Waals surface area (Å²) >= 11 is 3.35. The van der Waals surface area contributed by atoms with Gasteiger partial charge in [-0.15, -0.1) is 0 Å². The highest BCUT2D eigenvalue weighted by Gasteiger charge is 2.16. The molecule has 0 bridgehead atoms. The van der Waals surface area contributed by atoms with E-state index < -0.39 is 10.9 Å². The lowest BCUT2D eigenvalue weighted by atomic mass is 10.1. The Morgan fingerprint density at radius 3 is 2.65 bits per heavy atom. The third kappa shape index (κ3) is 4.53. The van der Waals surface area contributed by atoms with Gasteiger partial charge in [0.05, 0.1) is 22.9 Å².